The van der Waals surface area contributed by atoms with Crippen molar-refractivity contribution >= 4 is 17.4 Å². The van der Waals surface area contributed by atoms with Gasteiger partial charge in [0.25, 0.3) is 6.43 Å². The number of alkyl halides is 2. The molecule has 1 aromatic rings. The van der Waals surface area contributed by atoms with Crippen molar-refractivity contribution < 1.29 is 8.78 Å². The fourth-order valence-electron chi connectivity index (χ4n) is 1.59. The van der Waals surface area contributed by atoms with Crippen LogP contribution in [0.5, 0.6) is 0 Å². The number of hydrogen-bond donors (Lipinski definition) is 1. The lowest BCUT2D eigenvalue weighted by molar-refractivity contribution is 0.151. The van der Waals surface area contributed by atoms with E-state index in [0.717, 1.165) is 24.5 Å². The van der Waals surface area contributed by atoms with Crippen LogP contribution in [0.4, 0.5) is 8.78 Å². The van der Waals surface area contributed by atoms with Crippen molar-refractivity contribution in [3.63, 3.8) is 0 Å². The van der Waals surface area contributed by atoms with Crippen molar-refractivity contribution in [3.8, 4) is 0 Å². The number of rotatable bonds is 3. The highest BCUT2D eigenvalue weighted by Crippen LogP contribution is 2.25. The summed E-state index contributed by atoms with van der Waals surface area (Å²) in [4.78, 5) is 4.23. The summed E-state index contributed by atoms with van der Waals surface area (Å²) in [5, 5.41) is 3.48. The van der Waals surface area contributed by atoms with Gasteiger partial charge in [-0.3, -0.25) is 4.99 Å². The normalized spacial score (nSPS) is 15.1. The summed E-state index contributed by atoms with van der Waals surface area (Å²) in [5.74, 6) is 0.867. The molecule has 0 aliphatic carbocycles. The zero-order chi connectivity index (χ0) is 11.5. The van der Waals surface area contributed by atoms with Gasteiger partial charge in [-0.25, -0.2) is 8.78 Å². The van der Waals surface area contributed by atoms with Crippen molar-refractivity contribution in [2.24, 2.45) is 4.99 Å². The van der Waals surface area contributed by atoms with Crippen LogP contribution in [0.25, 0.3) is 0 Å². The Labute approximate surface area is 97.3 Å². The molecule has 86 valence electrons. The Kier molecular flexibility index (Phi) is 3.39. The predicted molar refractivity (Wildman–Crippen MR) is 60.4 cm³/mol. The SMILES string of the molecule is FC(F)c1ccc(CC2=NCCN2)c(Cl)c1. The fourth-order valence-corrected chi connectivity index (χ4v) is 1.84. The largest absolute Gasteiger partial charge is 0.372 e. The van der Waals surface area contributed by atoms with Crippen molar-refractivity contribution in [2.45, 2.75) is 12.8 Å². The van der Waals surface area contributed by atoms with Crippen LogP contribution < -0.4 is 5.32 Å². The molecule has 1 aliphatic rings. The second kappa shape index (κ2) is 4.78. The molecule has 16 heavy (non-hydrogen) atoms. The van der Waals surface area contributed by atoms with Gasteiger partial charge in [-0.05, 0) is 11.6 Å². The minimum atomic E-state index is -2.48. The van der Waals surface area contributed by atoms with Crippen LogP contribution in [0, 0.1) is 0 Å². The molecule has 2 rings (SSSR count). The highest BCUT2D eigenvalue weighted by Gasteiger charge is 2.12. The number of nitrogens with zero attached hydrogens (tertiary/aromatic N) is 1. The van der Waals surface area contributed by atoms with Gasteiger partial charge in [0.2, 0.25) is 0 Å². The van der Waals surface area contributed by atoms with E-state index in [9.17, 15) is 8.78 Å². The second-order valence-corrected chi connectivity index (χ2v) is 3.99. The highest BCUT2D eigenvalue weighted by molar-refractivity contribution is 6.31. The van der Waals surface area contributed by atoms with Gasteiger partial charge in [-0.15, -0.1) is 0 Å². The molecule has 1 N–H and O–H groups in total. The topological polar surface area (TPSA) is 24.4 Å². The van der Waals surface area contributed by atoms with Crippen molar-refractivity contribution in [2.75, 3.05) is 13.1 Å². The Bertz CT molecular complexity index is 418. The minimum Gasteiger partial charge on any atom is -0.372 e. The second-order valence-electron chi connectivity index (χ2n) is 3.58. The molecular weight excluding hydrogens is 234 g/mol. The van der Waals surface area contributed by atoms with Crippen molar-refractivity contribution in [3.05, 3.63) is 34.3 Å². The van der Waals surface area contributed by atoms with Gasteiger partial charge < -0.3 is 5.32 Å². The summed E-state index contributed by atoms with van der Waals surface area (Å²) in [5.41, 5.74) is 0.772. The molecule has 0 fully saturated rings. The number of amidine groups is 1. The number of halogens is 3. The molecule has 0 amide bonds. The van der Waals surface area contributed by atoms with Crippen molar-refractivity contribution in [1.82, 2.24) is 5.32 Å². The molecule has 5 heteroatoms. The Hall–Kier alpha value is -1.16. The third-order valence-corrected chi connectivity index (χ3v) is 2.78. The smallest absolute Gasteiger partial charge is 0.263 e. The standard InChI is InChI=1S/C11H11ClF2N2/c12-9-5-8(11(13)14)2-1-7(9)6-10-15-3-4-16-10/h1-2,5,11H,3-4,6H2,(H,15,16). The van der Waals surface area contributed by atoms with Crippen LogP contribution in [-0.4, -0.2) is 18.9 Å². The van der Waals surface area contributed by atoms with Crippen LogP contribution >= 0.6 is 11.6 Å². The van der Waals surface area contributed by atoms with E-state index < -0.39 is 6.43 Å². The van der Waals surface area contributed by atoms with E-state index in [1.807, 2.05) is 0 Å². The van der Waals surface area contributed by atoms with Crippen LogP contribution in [0.15, 0.2) is 23.2 Å². The molecule has 0 saturated carbocycles. The lowest BCUT2D eigenvalue weighted by Gasteiger charge is -2.07. The molecule has 0 radical (unpaired) electrons. The highest BCUT2D eigenvalue weighted by atomic mass is 35.5. The molecule has 0 saturated heterocycles. The van der Waals surface area contributed by atoms with E-state index in [0.29, 0.717) is 11.4 Å². The Morgan fingerprint density at radius 2 is 2.25 bits per heavy atom. The fraction of sp³-hybridized carbons (Fsp3) is 0.364. The van der Waals surface area contributed by atoms with E-state index in [2.05, 4.69) is 10.3 Å². The van der Waals surface area contributed by atoms with E-state index in [-0.39, 0.29) is 5.56 Å². The number of hydrogen-bond acceptors (Lipinski definition) is 2. The number of benzene rings is 1. The summed E-state index contributed by atoms with van der Waals surface area (Å²) in [7, 11) is 0. The van der Waals surface area contributed by atoms with Gasteiger partial charge in [0, 0.05) is 23.6 Å². The van der Waals surface area contributed by atoms with Crippen LogP contribution in [-0.2, 0) is 6.42 Å². The average molecular weight is 245 g/mol. The molecule has 2 nitrogen and oxygen atoms in total. The van der Waals surface area contributed by atoms with E-state index >= 15 is 0 Å². The van der Waals surface area contributed by atoms with E-state index in [4.69, 9.17) is 11.6 Å². The summed E-state index contributed by atoms with van der Waals surface area (Å²) in [6.07, 6.45) is -1.91. The maximum absolute atomic E-state index is 12.4. The van der Waals surface area contributed by atoms with Gasteiger partial charge >= 0.3 is 0 Å². The summed E-state index contributed by atoms with van der Waals surface area (Å²) < 4.78 is 24.8. The first kappa shape index (κ1) is 11.3. The van der Waals surface area contributed by atoms with Crippen molar-refractivity contribution in [1.29, 1.82) is 0 Å². The quantitative estimate of drug-likeness (QED) is 0.869. The van der Waals surface area contributed by atoms with E-state index in [1.54, 1.807) is 6.07 Å². The first-order valence-corrected chi connectivity index (χ1v) is 5.38. The Morgan fingerprint density at radius 1 is 1.44 bits per heavy atom. The number of nitrogens with one attached hydrogen (secondary N) is 1. The van der Waals surface area contributed by atoms with Gasteiger partial charge in [0.1, 0.15) is 5.84 Å². The van der Waals surface area contributed by atoms with E-state index in [1.165, 1.54) is 12.1 Å². The first-order valence-electron chi connectivity index (χ1n) is 5.00. The molecule has 1 aromatic carbocycles. The molecular formula is C11H11ClF2N2. The van der Waals surface area contributed by atoms with Gasteiger partial charge in [-0.2, -0.15) is 0 Å². The van der Waals surface area contributed by atoms with Gasteiger partial charge in [-0.1, -0.05) is 23.7 Å². The summed E-state index contributed by atoms with van der Waals surface area (Å²) in [6.45, 7) is 1.60. The number of aliphatic imine (C=N–C) groups is 1. The first-order chi connectivity index (χ1) is 7.66. The maximum atomic E-state index is 12.4. The third kappa shape index (κ3) is 2.50. The zero-order valence-electron chi connectivity index (χ0n) is 8.51. The Balaban J connectivity index is 2.16. The molecule has 0 unspecified atom stereocenters. The van der Waals surface area contributed by atoms with Gasteiger partial charge in [0.15, 0.2) is 0 Å². The summed E-state index contributed by atoms with van der Waals surface area (Å²) in [6, 6.07) is 4.35. The molecule has 0 spiro atoms. The zero-order valence-corrected chi connectivity index (χ0v) is 9.27. The molecule has 0 aromatic heterocycles. The summed E-state index contributed by atoms with van der Waals surface area (Å²) >= 11 is 5.94. The lowest BCUT2D eigenvalue weighted by atomic mass is 10.1. The monoisotopic (exact) mass is 244 g/mol. The molecule has 1 aliphatic heterocycles. The van der Waals surface area contributed by atoms with Crippen LogP contribution in [0.3, 0.4) is 0 Å². The predicted octanol–water partition coefficient (Wildman–Crippen LogP) is 2.82. The molecule has 1 heterocycles. The Morgan fingerprint density at radius 3 is 2.81 bits per heavy atom. The average Bonchev–Trinajstić information content (AvgIpc) is 2.73. The minimum absolute atomic E-state index is 0.0462. The van der Waals surface area contributed by atoms with Crippen LogP contribution in [0.1, 0.15) is 17.6 Å². The maximum Gasteiger partial charge on any atom is 0.263 e. The molecule has 0 atom stereocenters. The third-order valence-electron chi connectivity index (χ3n) is 2.43. The molecule has 0 bridgehead atoms. The van der Waals surface area contributed by atoms with Crippen LogP contribution in [0.2, 0.25) is 5.02 Å². The van der Waals surface area contributed by atoms with Gasteiger partial charge in [0.05, 0.1) is 6.54 Å². The lowest BCUT2D eigenvalue weighted by Crippen LogP contribution is -2.20.